The molecule has 1 heterocycles. The second kappa shape index (κ2) is 5.93. The van der Waals surface area contributed by atoms with Crippen LogP contribution in [-0.2, 0) is 0 Å². The largest absolute Gasteiger partial charge is 0.416 e. The summed E-state index contributed by atoms with van der Waals surface area (Å²) in [6.45, 7) is 4.31. The van der Waals surface area contributed by atoms with Gasteiger partial charge in [-0.15, -0.1) is 10.2 Å². The third-order valence-electron chi connectivity index (χ3n) is 3.52. The second-order valence-electron chi connectivity index (χ2n) is 5.43. The number of aromatic nitrogens is 2. The molecule has 1 aromatic heterocycles. The lowest BCUT2D eigenvalue weighted by atomic mass is 10.0. The summed E-state index contributed by atoms with van der Waals surface area (Å²) in [5.74, 6) is 1.37. The lowest BCUT2D eigenvalue weighted by molar-refractivity contribution is 0.112. The Balaban J connectivity index is 1.91. The van der Waals surface area contributed by atoms with E-state index in [1.807, 2.05) is 18.2 Å². The molecule has 0 aliphatic heterocycles. The number of nitrogens with zero attached hydrogens (tertiary/aromatic N) is 2. The Kier molecular flexibility index (Phi) is 3.83. The van der Waals surface area contributed by atoms with Gasteiger partial charge in [0.05, 0.1) is 0 Å². The average Bonchev–Trinajstić information content (AvgIpc) is 3.05. The van der Waals surface area contributed by atoms with Crippen LogP contribution in [0.2, 0.25) is 0 Å². The minimum Gasteiger partial charge on any atom is -0.416 e. The lowest BCUT2D eigenvalue weighted by Crippen LogP contribution is -1.86. The lowest BCUT2D eigenvalue weighted by Gasteiger charge is -2.04. The van der Waals surface area contributed by atoms with Crippen LogP contribution in [0.1, 0.15) is 35.7 Å². The molecule has 0 fully saturated rings. The predicted molar refractivity (Wildman–Crippen MR) is 84.6 cm³/mol. The molecule has 4 nitrogen and oxygen atoms in total. The van der Waals surface area contributed by atoms with Gasteiger partial charge in [-0.25, -0.2) is 0 Å². The molecule has 4 heteroatoms. The molecule has 2 aromatic carbocycles. The Labute approximate surface area is 128 Å². The molecular formula is C18H16N2O2. The Hall–Kier alpha value is -2.75. The SMILES string of the molecule is CC(C)c1ccc(-c2nnc(-c3cccc(C=O)c3)o2)cc1. The Morgan fingerprint density at radius 2 is 1.64 bits per heavy atom. The molecule has 0 spiro atoms. The average molecular weight is 292 g/mol. The molecule has 0 aliphatic rings. The molecule has 0 aliphatic carbocycles. The number of rotatable bonds is 4. The van der Waals surface area contributed by atoms with Crippen LogP contribution in [0.5, 0.6) is 0 Å². The van der Waals surface area contributed by atoms with Crippen molar-refractivity contribution in [3.8, 4) is 22.9 Å². The standard InChI is InChI=1S/C18H16N2O2/c1-12(2)14-6-8-15(9-7-14)17-19-20-18(22-17)16-5-3-4-13(10-16)11-21/h3-12H,1-2H3. The topological polar surface area (TPSA) is 56.0 Å². The molecule has 3 rings (SSSR count). The fraction of sp³-hybridized carbons (Fsp3) is 0.167. The normalized spacial score (nSPS) is 10.9. The summed E-state index contributed by atoms with van der Waals surface area (Å²) >= 11 is 0. The predicted octanol–water partition coefficient (Wildman–Crippen LogP) is 4.34. The van der Waals surface area contributed by atoms with Crippen LogP contribution < -0.4 is 0 Å². The highest BCUT2D eigenvalue weighted by Crippen LogP contribution is 2.25. The fourth-order valence-corrected chi connectivity index (χ4v) is 2.21. The van der Waals surface area contributed by atoms with Crippen LogP contribution in [-0.4, -0.2) is 16.5 Å². The Morgan fingerprint density at radius 1 is 0.955 bits per heavy atom. The zero-order chi connectivity index (χ0) is 15.5. The van der Waals surface area contributed by atoms with Crippen LogP contribution in [0.3, 0.4) is 0 Å². The minimum absolute atomic E-state index is 0.409. The third-order valence-corrected chi connectivity index (χ3v) is 3.52. The first-order chi connectivity index (χ1) is 10.7. The number of carbonyl (C=O) groups excluding carboxylic acids is 1. The summed E-state index contributed by atoms with van der Waals surface area (Å²) in [6, 6.07) is 15.2. The molecule has 0 bridgehead atoms. The highest BCUT2D eigenvalue weighted by Gasteiger charge is 2.11. The van der Waals surface area contributed by atoms with Crippen molar-refractivity contribution < 1.29 is 9.21 Å². The fourth-order valence-electron chi connectivity index (χ4n) is 2.21. The monoisotopic (exact) mass is 292 g/mol. The van der Waals surface area contributed by atoms with Crippen LogP contribution in [0.15, 0.2) is 52.9 Å². The Morgan fingerprint density at radius 3 is 2.27 bits per heavy atom. The van der Waals surface area contributed by atoms with E-state index in [4.69, 9.17) is 4.42 Å². The van der Waals surface area contributed by atoms with Crippen molar-refractivity contribution in [2.24, 2.45) is 0 Å². The highest BCUT2D eigenvalue weighted by molar-refractivity contribution is 5.77. The maximum absolute atomic E-state index is 10.8. The van der Waals surface area contributed by atoms with E-state index in [1.54, 1.807) is 18.2 Å². The number of hydrogen-bond donors (Lipinski definition) is 0. The number of carbonyl (C=O) groups is 1. The number of benzene rings is 2. The van der Waals surface area contributed by atoms with E-state index >= 15 is 0 Å². The smallest absolute Gasteiger partial charge is 0.248 e. The third kappa shape index (κ3) is 2.81. The molecular weight excluding hydrogens is 276 g/mol. The molecule has 0 amide bonds. The van der Waals surface area contributed by atoms with Gasteiger partial charge >= 0.3 is 0 Å². The Bertz CT molecular complexity index is 789. The maximum Gasteiger partial charge on any atom is 0.248 e. The molecule has 0 unspecified atom stereocenters. The number of hydrogen-bond acceptors (Lipinski definition) is 4. The number of aldehydes is 1. The van der Waals surface area contributed by atoms with Gasteiger partial charge in [0.25, 0.3) is 0 Å². The van der Waals surface area contributed by atoms with Gasteiger partial charge in [0.15, 0.2) is 0 Å². The van der Waals surface area contributed by atoms with E-state index in [1.165, 1.54) is 5.56 Å². The van der Waals surface area contributed by atoms with E-state index in [2.05, 4.69) is 36.2 Å². The van der Waals surface area contributed by atoms with Gasteiger partial charge in [-0.2, -0.15) is 0 Å². The summed E-state index contributed by atoms with van der Waals surface area (Å²) in [5.41, 5.74) is 3.47. The van der Waals surface area contributed by atoms with Crippen molar-refractivity contribution in [2.75, 3.05) is 0 Å². The van der Waals surface area contributed by atoms with Crippen molar-refractivity contribution in [1.82, 2.24) is 10.2 Å². The molecule has 0 radical (unpaired) electrons. The summed E-state index contributed by atoms with van der Waals surface area (Å²) in [5, 5.41) is 8.15. The van der Waals surface area contributed by atoms with Crippen LogP contribution >= 0.6 is 0 Å². The van der Waals surface area contributed by atoms with Crippen molar-refractivity contribution in [3.05, 3.63) is 59.7 Å². The minimum atomic E-state index is 0.409. The van der Waals surface area contributed by atoms with E-state index in [0.717, 1.165) is 17.4 Å². The zero-order valence-corrected chi connectivity index (χ0v) is 12.5. The van der Waals surface area contributed by atoms with E-state index < -0.39 is 0 Å². The van der Waals surface area contributed by atoms with Crippen molar-refractivity contribution >= 4 is 6.29 Å². The van der Waals surface area contributed by atoms with Gasteiger partial charge in [0.2, 0.25) is 11.8 Å². The summed E-state index contributed by atoms with van der Waals surface area (Å²) in [7, 11) is 0. The van der Waals surface area contributed by atoms with Gasteiger partial charge in [-0.3, -0.25) is 4.79 Å². The second-order valence-corrected chi connectivity index (χ2v) is 5.43. The highest BCUT2D eigenvalue weighted by atomic mass is 16.4. The maximum atomic E-state index is 10.8. The van der Waals surface area contributed by atoms with Crippen LogP contribution in [0.4, 0.5) is 0 Å². The van der Waals surface area contributed by atoms with Gasteiger partial charge in [-0.1, -0.05) is 38.1 Å². The van der Waals surface area contributed by atoms with Gasteiger partial charge in [0.1, 0.15) is 6.29 Å². The summed E-state index contributed by atoms with van der Waals surface area (Å²) in [4.78, 5) is 10.8. The van der Waals surface area contributed by atoms with Gasteiger partial charge in [0, 0.05) is 16.7 Å². The molecule has 0 atom stereocenters. The van der Waals surface area contributed by atoms with E-state index in [9.17, 15) is 4.79 Å². The zero-order valence-electron chi connectivity index (χ0n) is 12.5. The van der Waals surface area contributed by atoms with Gasteiger partial charge < -0.3 is 4.42 Å². The van der Waals surface area contributed by atoms with Crippen LogP contribution in [0, 0.1) is 0 Å². The molecule has 0 saturated carbocycles. The van der Waals surface area contributed by atoms with Gasteiger partial charge in [-0.05, 0) is 35.7 Å². The van der Waals surface area contributed by atoms with Crippen molar-refractivity contribution in [3.63, 3.8) is 0 Å². The molecule has 22 heavy (non-hydrogen) atoms. The van der Waals surface area contributed by atoms with Crippen molar-refractivity contribution in [1.29, 1.82) is 0 Å². The quantitative estimate of drug-likeness (QED) is 0.671. The first-order valence-electron chi connectivity index (χ1n) is 7.17. The molecule has 3 aromatic rings. The van der Waals surface area contributed by atoms with Crippen molar-refractivity contribution in [2.45, 2.75) is 19.8 Å². The van der Waals surface area contributed by atoms with Crippen LogP contribution in [0.25, 0.3) is 22.9 Å². The first kappa shape index (κ1) is 14.2. The molecule has 0 saturated heterocycles. The summed E-state index contributed by atoms with van der Waals surface area (Å²) in [6.07, 6.45) is 0.797. The van der Waals surface area contributed by atoms with E-state index in [-0.39, 0.29) is 0 Å². The molecule has 110 valence electrons. The van der Waals surface area contributed by atoms with E-state index in [0.29, 0.717) is 23.3 Å². The molecule has 0 N–H and O–H groups in total. The first-order valence-corrected chi connectivity index (χ1v) is 7.17. The summed E-state index contributed by atoms with van der Waals surface area (Å²) < 4.78 is 5.72.